The molecule has 16 heavy (non-hydrogen) atoms. The summed E-state index contributed by atoms with van der Waals surface area (Å²) in [5, 5.41) is 1.86. The molecule has 0 fully saturated rings. The van der Waals surface area contributed by atoms with Crippen LogP contribution in [0.4, 0.5) is 0 Å². The lowest BCUT2D eigenvalue weighted by Gasteiger charge is -1.94. The molecule has 0 spiro atoms. The van der Waals surface area contributed by atoms with Gasteiger partial charge in [0, 0.05) is 21.6 Å². The molecule has 0 aliphatic heterocycles. The Morgan fingerprint density at radius 2 is 1.69 bits per heavy atom. The Morgan fingerprint density at radius 3 is 2.44 bits per heavy atom. The van der Waals surface area contributed by atoms with Gasteiger partial charge in [-0.1, -0.05) is 48.0 Å². The number of benzene rings is 2. The molecule has 0 amide bonds. The van der Waals surface area contributed by atoms with Crippen molar-refractivity contribution in [1.29, 1.82) is 0 Å². The highest BCUT2D eigenvalue weighted by Gasteiger charge is 2.04. The molecule has 0 aliphatic carbocycles. The third kappa shape index (κ3) is 1.50. The lowest BCUT2D eigenvalue weighted by molar-refractivity contribution is 1.45. The Morgan fingerprint density at radius 1 is 0.875 bits per heavy atom. The van der Waals surface area contributed by atoms with Crippen LogP contribution in [0, 0.1) is 0 Å². The minimum absolute atomic E-state index is 0.788. The first kappa shape index (κ1) is 9.49. The molecule has 0 atom stereocenters. The number of halogens is 1. The van der Waals surface area contributed by atoms with Crippen LogP contribution in [0.25, 0.3) is 22.2 Å². The van der Waals surface area contributed by atoms with E-state index in [1.54, 1.807) is 0 Å². The van der Waals surface area contributed by atoms with Crippen molar-refractivity contribution in [3.05, 3.63) is 59.6 Å². The highest BCUT2D eigenvalue weighted by atomic mass is 35.5. The van der Waals surface area contributed by atoms with Crippen molar-refractivity contribution in [3.63, 3.8) is 0 Å². The third-order valence-electron chi connectivity index (χ3n) is 2.70. The minimum atomic E-state index is 0.788. The maximum atomic E-state index is 6.14. The van der Waals surface area contributed by atoms with Gasteiger partial charge in [0.25, 0.3) is 0 Å². The number of hydrogen-bond donors (Lipinski definition) is 1. The average Bonchev–Trinajstić information content (AvgIpc) is 2.76. The number of nitrogens with one attached hydrogen (secondary N) is 1. The second kappa shape index (κ2) is 3.69. The smallest absolute Gasteiger partial charge is 0.0500 e. The van der Waals surface area contributed by atoms with Crippen LogP contribution in [-0.4, -0.2) is 4.98 Å². The van der Waals surface area contributed by atoms with Gasteiger partial charge in [-0.15, -0.1) is 0 Å². The predicted molar refractivity (Wildman–Crippen MR) is 68.7 cm³/mol. The van der Waals surface area contributed by atoms with E-state index >= 15 is 0 Å². The van der Waals surface area contributed by atoms with Crippen LogP contribution in [0.5, 0.6) is 0 Å². The van der Waals surface area contributed by atoms with Crippen LogP contribution in [0.1, 0.15) is 0 Å². The van der Waals surface area contributed by atoms with Gasteiger partial charge in [-0.2, -0.15) is 0 Å². The third-order valence-corrected chi connectivity index (χ3v) is 3.03. The van der Waals surface area contributed by atoms with Crippen molar-refractivity contribution >= 4 is 22.5 Å². The molecule has 0 unspecified atom stereocenters. The van der Waals surface area contributed by atoms with Crippen molar-refractivity contribution in [2.24, 2.45) is 0 Å². The van der Waals surface area contributed by atoms with Crippen molar-refractivity contribution in [2.45, 2.75) is 0 Å². The zero-order valence-electron chi connectivity index (χ0n) is 8.57. The Kier molecular flexibility index (Phi) is 2.19. The second-order valence-corrected chi connectivity index (χ2v) is 4.16. The first-order chi connectivity index (χ1) is 7.84. The summed E-state index contributed by atoms with van der Waals surface area (Å²) in [6.07, 6.45) is 0. The van der Waals surface area contributed by atoms with Gasteiger partial charge < -0.3 is 4.98 Å². The minimum Gasteiger partial charge on any atom is -0.354 e. The molecule has 0 saturated carbocycles. The molecule has 0 saturated heterocycles. The number of H-pyrrole nitrogens is 1. The Hall–Kier alpha value is -1.73. The average molecular weight is 228 g/mol. The fourth-order valence-electron chi connectivity index (χ4n) is 1.89. The Balaban J connectivity index is 2.23. The second-order valence-electron chi connectivity index (χ2n) is 3.75. The molecule has 2 aromatic carbocycles. The van der Waals surface area contributed by atoms with Gasteiger partial charge >= 0.3 is 0 Å². The first-order valence-electron chi connectivity index (χ1n) is 5.17. The number of aromatic amines is 1. The van der Waals surface area contributed by atoms with Crippen LogP contribution in [0.3, 0.4) is 0 Å². The number of fused-ring (bicyclic) bond motifs is 1. The van der Waals surface area contributed by atoms with Crippen molar-refractivity contribution in [3.8, 4) is 11.3 Å². The molecular weight excluding hydrogens is 218 g/mol. The van der Waals surface area contributed by atoms with E-state index in [2.05, 4.69) is 23.2 Å². The summed E-state index contributed by atoms with van der Waals surface area (Å²) in [4.78, 5) is 3.37. The summed E-state index contributed by atoms with van der Waals surface area (Å²) >= 11 is 6.14. The molecule has 3 rings (SSSR count). The van der Waals surface area contributed by atoms with E-state index in [4.69, 9.17) is 11.6 Å². The largest absolute Gasteiger partial charge is 0.354 e. The highest BCUT2D eigenvalue weighted by Crippen LogP contribution is 2.28. The molecule has 2 heteroatoms. The summed E-state index contributed by atoms with van der Waals surface area (Å²) in [7, 11) is 0. The van der Waals surface area contributed by atoms with E-state index in [0.29, 0.717) is 0 Å². The topological polar surface area (TPSA) is 15.8 Å². The lowest BCUT2D eigenvalue weighted by atomic mass is 10.1. The summed E-state index contributed by atoms with van der Waals surface area (Å²) in [6.45, 7) is 0. The molecule has 1 heterocycles. The van der Waals surface area contributed by atoms with Crippen LogP contribution in [0.2, 0.25) is 5.02 Å². The highest BCUT2D eigenvalue weighted by molar-refractivity contribution is 6.35. The lowest BCUT2D eigenvalue weighted by Crippen LogP contribution is -1.74. The van der Waals surface area contributed by atoms with Gasteiger partial charge in [0.1, 0.15) is 0 Å². The zero-order valence-corrected chi connectivity index (χ0v) is 9.33. The van der Waals surface area contributed by atoms with Crippen molar-refractivity contribution < 1.29 is 0 Å². The zero-order chi connectivity index (χ0) is 11.0. The Bertz CT molecular complexity index is 626. The van der Waals surface area contributed by atoms with E-state index in [0.717, 1.165) is 21.6 Å². The van der Waals surface area contributed by atoms with Gasteiger partial charge in [0.15, 0.2) is 0 Å². The molecule has 78 valence electrons. The summed E-state index contributed by atoms with van der Waals surface area (Å²) in [6, 6.07) is 18.2. The van der Waals surface area contributed by atoms with E-state index in [1.807, 2.05) is 36.4 Å². The standard InChI is InChI=1S/C14H10ClN/c15-12-7-4-8-13-11(12)9-14(16-13)10-5-2-1-3-6-10/h1-9,16H. The summed E-state index contributed by atoms with van der Waals surface area (Å²) < 4.78 is 0. The normalized spacial score (nSPS) is 10.8. The monoisotopic (exact) mass is 227 g/mol. The summed E-state index contributed by atoms with van der Waals surface area (Å²) in [5.74, 6) is 0. The van der Waals surface area contributed by atoms with Crippen molar-refractivity contribution in [1.82, 2.24) is 4.98 Å². The molecule has 0 radical (unpaired) electrons. The summed E-state index contributed by atoms with van der Waals surface area (Å²) in [5.41, 5.74) is 3.35. The van der Waals surface area contributed by atoms with Gasteiger partial charge in [-0.05, 0) is 23.8 Å². The van der Waals surface area contributed by atoms with Crippen LogP contribution in [0.15, 0.2) is 54.6 Å². The van der Waals surface area contributed by atoms with Crippen LogP contribution in [-0.2, 0) is 0 Å². The van der Waals surface area contributed by atoms with Gasteiger partial charge in [0.2, 0.25) is 0 Å². The molecule has 0 bridgehead atoms. The molecule has 3 aromatic rings. The number of hydrogen-bond acceptors (Lipinski definition) is 0. The van der Waals surface area contributed by atoms with E-state index in [1.165, 1.54) is 5.56 Å². The number of rotatable bonds is 1. The van der Waals surface area contributed by atoms with E-state index in [9.17, 15) is 0 Å². The molecular formula is C14H10ClN. The SMILES string of the molecule is Clc1cccc2[nH]c(-c3ccccc3)cc12. The molecule has 1 nitrogen and oxygen atoms in total. The van der Waals surface area contributed by atoms with Crippen LogP contribution >= 0.6 is 11.6 Å². The van der Waals surface area contributed by atoms with E-state index < -0.39 is 0 Å². The van der Waals surface area contributed by atoms with Gasteiger partial charge in [-0.3, -0.25) is 0 Å². The quantitative estimate of drug-likeness (QED) is 0.631. The maximum Gasteiger partial charge on any atom is 0.0500 e. The van der Waals surface area contributed by atoms with Crippen molar-refractivity contribution in [2.75, 3.05) is 0 Å². The fourth-order valence-corrected chi connectivity index (χ4v) is 2.12. The Labute approximate surface area is 98.7 Å². The molecule has 1 N–H and O–H groups in total. The predicted octanol–water partition coefficient (Wildman–Crippen LogP) is 4.49. The molecule has 0 aliphatic rings. The first-order valence-corrected chi connectivity index (χ1v) is 5.55. The number of aromatic nitrogens is 1. The van der Waals surface area contributed by atoms with Crippen LogP contribution < -0.4 is 0 Å². The van der Waals surface area contributed by atoms with Gasteiger partial charge in [0.05, 0.1) is 0 Å². The van der Waals surface area contributed by atoms with Gasteiger partial charge in [-0.25, -0.2) is 0 Å². The molecule has 1 aromatic heterocycles. The fraction of sp³-hybridized carbons (Fsp3) is 0. The van der Waals surface area contributed by atoms with E-state index in [-0.39, 0.29) is 0 Å². The maximum absolute atomic E-state index is 6.14.